The summed E-state index contributed by atoms with van der Waals surface area (Å²) in [7, 11) is 0. The van der Waals surface area contributed by atoms with Gasteiger partial charge < -0.3 is 4.74 Å². The highest BCUT2D eigenvalue weighted by molar-refractivity contribution is 5.17. The number of ether oxygens (including phenoxy) is 1. The van der Waals surface area contributed by atoms with Crippen LogP contribution in [0.1, 0.15) is 12.8 Å². The van der Waals surface area contributed by atoms with E-state index in [4.69, 9.17) is 11.2 Å². The van der Waals surface area contributed by atoms with Crippen molar-refractivity contribution < 1.29 is 9.13 Å². The van der Waals surface area contributed by atoms with Crippen LogP contribution in [0, 0.1) is 18.3 Å². The smallest absolute Gasteiger partial charge is 0.255 e. The van der Waals surface area contributed by atoms with Crippen LogP contribution >= 0.6 is 0 Å². The van der Waals surface area contributed by atoms with Crippen LogP contribution in [-0.2, 0) is 0 Å². The predicted octanol–water partition coefficient (Wildman–Crippen LogP) is 2.01. The molecule has 0 saturated heterocycles. The molecule has 0 aliphatic heterocycles. The van der Waals surface area contributed by atoms with Crippen LogP contribution in [0.3, 0.4) is 0 Å². The monoisotopic (exact) mass is 179 g/mol. The molecule has 0 aliphatic rings. The number of halogens is 1. The fourth-order valence-corrected chi connectivity index (χ4v) is 0.835. The van der Waals surface area contributed by atoms with Crippen LogP contribution in [0.4, 0.5) is 4.39 Å². The molecule has 1 rings (SSSR count). The van der Waals surface area contributed by atoms with E-state index in [9.17, 15) is 4.39 Å². The Bertz CT molecular complexity index is 306. The van der Waals surface area contributed by atoms with Crippen molar-refractivity contribution in [2.75, 3.05) is 6.61 Å². The Hall–Kier alpha value is -1.56. The standard InChI is InChI=1S/C10H10FNO/c1-2-3-4-8-13-9-6-5-7-12-10(9)11/h1,5-7H,3-4,8H2. The SMILES string of the molecule is C#CCCCOc1cccnc1F. The molecule has 0 N–H and O–H groups in total. The van der Waals surface area contributed by atoms with Gasteiger partial charge in [0.25, 0.3) is 5.95 Å². The van der Waals surface area contributed by atoms with Gasteiger partial charge in [-0.3, -0.25) is 0 Å². The Morgan fingerprint density at radius 2 is 2.46 bits per heavy atom. The van der Waals surface area contributed by atoms with Gasteiger partial charge in [-0.15, -0.1) is 12.3 Å². The predicted molar refractivity (Wildman–Crippen MR) is 47.8 cm³/mol. The Morgan fingerprint density at radius 1 is 1.62 bits per heavy atom. The molecule has 0 unspecified atom stereocenters. The number of hydrogen-bond donors (Lipinski definition) is 0. The summed E-state index contributed by atoms with van der Waals surface area (Å²) < 4.78 is 17.9. The van der Waals surface area contributed by atoms with Crippen molar-refractivity contribution in [3.8, 4) is 18.1 Å². The van der Waals surface area contributed by atoms with Crippen LogP contribution in [-0.4, -0.2) is 11.6 Å². The lowest BCUT2D eigenvalue weighted by atomic mass is 10.3. The quantitative estimate of drug-likeness (QED) is 0.400. The first-order valence-corrected chi connectivity index (χ1v) is 4.01. The van der Waals surface area contributed by atoms with Crippen molar-refractivity contribution >= 4 is 0 Å². The molecule has 0 radical (unpaired) electrons. The molecule has 0 atom stereocenters. The van der Waals surface area contributed by atoms with Gasteiger partial charge in [0.05, 0.1) is 6.61 Å². The summed E-state index contributed by atoms with van der Waals surface area (Å²) in [6.07, 6.45) is 7.79. The zero-order chi connectivity index (χ0) is 9.52. The second-order valence-electron chi connectivity index (χ2n) is 2.45. The molecule has 13 heavy (non-hydrogen) atoms. The van der Waals surface area contributed by atoms with Crippen LogP contribution in [0.25, 0.3) is 0 Å². The molecule has 0 saturated carbocycles. The first-order valence-electron chi connectivity index (χ1n) is 4.01. The fraction of sp³-hybridized carbons (Fsp3) is 0.300. The summed E-state index contributed by atoms with van der Waals surface area (Å²) in [5.41, 5.74) is 0. The zero-order valence-electron chi connectivity index (χ0n) is 7.16. The molecule has 0 amide bonds. The maximum absolute atomic E-state index is 12.8. The van der Waals surface area contributed by atoms with Crippen LogP contribution in [0.5, 0.6) is 5.75 Å². The Labute approximate surface area is 76.8 Å². The summed E-state index contributed by atoms with van der Waals surface area (Å²) >= 11 is 0. The number of unbranched alkanes of at least 4 members (excludes halogenated alkanes) is 1. The summed E-state index contributed by atoms with van der Waals surface area (Å²) in [5, 5.41) is 0. The lowest BCUT2D eigenvalue weighted by Crippen LogP contribution is -1.99. The van der Waals surface area contributed by atoms with E-state index in [1.165, 1.54) is 12.3 Å². The van der Waals surface area contributed by atoms with E-state index < -0.39 is 5.95 Å². The highest BCUT2D eigenvalue weighted by Gasteiger charge is 2.01. The lowest BCUT2D eigenvalue weighted by molar-refractivity contribution is 0.293. The molecule has 1 aromatic heterocycles. The summed E-state index contributed by atoms with van der Waals surface area (Å²) in [4.78, 5) is 3.45. The topological polar surface area (TPSA) is 22.1 Å². The Balaban J connectivity index is 2.37. The van der Waals surface area contributed by atoms with E-state index in [2.05, 4.69) is 10.9 Å². The maximum atomic E-state index is 12.8. The van der Waals surface area contributed by atoms with Gasteiger partial charge in [-0.1, -0.05) is 0 Å². The second-order valence-corrected chi connectivity index (χ2v) is 2.45. The van der Waals surface area contributed by atoms with Gasteiger partial charge in [-0.05, 0) is 18.6 Å². The van der Waals surface area contributed by atoms with Gasteiger partial charge in [-0.2, -0.15) is 4.39 Å². The zero-order valence-corrected chi connectivity index (χ0v) is 7.16. The first-order chi connectivity index (χ1) is 6.34. The van der Waals surface area contributed by atoms with Crippen molar-refractivity contribution in [3.63, 3.8) is 0 Å². The molecule has 0 aromatic carbocycles. The normalized spacial score (nSPS) is 9.23. The van der Waals surface area contributed by atoms with E-state index >= 15 is 0 Å². The maximum Gasteiger partial charge on any atom is 0.255 e. The average molecular weight is 179 g/mol. The largest absolute Gasteiger partial charge is 0.489 e. The fourth-order valence-electron chi connectivity index (χ4n) is 0.835. The third kappa shape index (κ3) is 3.12. The van der Waals surface area contributed by atoms with Gasteiger partial charge in [0.2, 0.25) is 0 Å². The van der Waals surface area contributed by atoms with Gasteiger partial charge in [-0.25, -0.2) is 4.98 Å². The van der Waals surface area contributed by atoms with E-state index in [-0.39, 0.29) is 5.75 Å². The lowest BCUT2D eigenvalue weighted by Gasteiger charge is -2.03. The second kappa shape index (κ2) is 5.15. The highest BCUT2D eigenvalue weighted by atomic mass is 19.1. The molecule has 68 valence electrons. The summed E-state index contributed by atoms with van der Waals surface area (Å²) in [6.45, 7) is 0.423. The third-order valence-corrected chi connectivity index (χ3v) is 1.45. The van der Waals surface area contributed by atoms with Gasteiger partial charge in [0.1, 0.15) is 0 Å². The molecule has 0 fully saturated rings. The molecule has 1 aromatic rings. The highest BCUT2D eigenvalue weighted by Crippen LogP contribution is 2.12. The first kappa shape index (κ1) is 9.53. The molecule has 0 spiro atoms. The molecular weight excluding hydrogens is 169 g/mol. The van der Waals surface area contributed by atoms with Gasteiger partial charge in [0.15, 0.2) is 5.75 Å². The van der Waals surface area contributed by atoms with Gasteiger partial charge >= 0.3 is 0 Å². The molecular formula is C10H10FNO. The summed E-state index contributed by atoms with van der Waals surface area (Å²) in [5.74, 6) is 2.08. The minimum absolute atomic E-state index is 0.180. The van der Waals surface area contributed by atoms with Crippen LogP contribution in [0.15, 0.2) is 18.3 Å². The van der Waals surface area contributed by atoms with E-state index in [1.807, 2.05) is 0 Å². The van der Waals surface area contributed by atoms with E-state index in [0.717, 1.165) is 6.42 Å². The van der Waals surface area contributed by atoms with Crippen molar-refractivity contribution in [1.82, 2.24) is 4.98 Å². The summed E-state index contributed by atoms with van der Waals surface area (Å²) in [6, 6.07) is 3.16. The Morgan fingerprint density at radius 3 is 3.15 bits per heavy atom. The van der Waals surface area contributed by atoms with Crippen molar-refractivity contribution in [2.45, 2.75) is 12.8 Å². The minimum Gasteiger partial charge on any atom is -0.489 e. The number of pyridine rings is 1. The molecule has 1 heterocycles. The number of hydrogen-bond acceptors (Lipinski definition) is 2. The van der Waals surface area contributed by atoms with Crippen molar-refractivity contribution in [3.05, 3.63) is 24.3 Å². The van der Waals surface area contributed by atoms with E-state index in [0.29, 0.717) is 13.0 Å². The number of terminal acetylenes is 1. The van der Waals surface area contributed by atoms with Crippen molar-refractivity contribution in [2.24, 2.45) is 0 Å². The number of nitrogens with zero attached hydrogens (tertiary/aromatic N) is 1. The number of aromatic nitrogens is 1. The molecule has 0 aliphatic carbocycles. The Kier molecular flexibility index (Phi) is 3.77. The minimum atomic E-state index is -0.580. The van der Waals surface area contributed by atoms with Crippen LogP contribution in [0.2, 0.25) is 0 Å². The third-order valence-electron chi connectivity index (χ3n) is 1.45. The molecule has 3 heteroatoms. The molecule has 0 bridgehead atoms. The van der Waals surface area contributed by atoms with Crippen LogP contribution < -0.4 is 4.74 Å². The average Bonchev–Trinajstić information content (AvgIpc) is 2.15. The van der Waals surface area contributed by atoms with E-state index in [1.54, 1.807) is 6.07 Å². The number of rotatable bonds is 4. The van der Waals surface area contributed by atoms with Crippen molar-refractivity contribution in [1.29, 1.82) is 0 Å². The van der Waals surface area contributed by atoms with Gasteiger partial charge in [0, 0.05) is 12.6 Å². The molecule has 2 nitrogen and oxygen atoms in total.